The smallest absolute Gasteiger partial charge is 0.239 e. The quantitative estimate of drug-likeness (QED) is 0.254. The molecule has 1 aliphatic heterocycles. The Labute approximate surface area is 218 Å². The number of hydrogen-bond donors (Lipinski definition) is 3. The number of nitrogens with one attached hydrogen (secondary N) is 2. The van der Waals surface area contributed by atoms with Crippen molar-refractivity contribution in [2.45, 2.75) is 12.6 Å². The molecule has 1 aliphatic rings. The van der Waals surface area contributed by atoms with E-state index in [0.29, 0.717) is 17.1 Å². The third kappa shape index (κ3) is 4.11. The molecule has 0 aliphatic carbocycles. The summed E-state index contributed by atoms with van der Waals surface area (Å²) in [6.45, 7) is 1.44. The van der Waals surface area contributed by atoms with Crippen LogP contribution in [-0.4, -0.2) is 11.0 Å². The molecule has 0 spiro atoms. The van der Waals surface area contributed by atoms with E-state index in [9.17, 15) is 9.90 Å². The van der Waals surface area contributed by atoms with Crippen molar-refractivity contribution >= 4 is 33.7 Å². The minimum absolute atomic E-state index is 0.0855. The molecule has 4 aromatic carbocycles. The average Bonchev–Trinajstić information content (AvgIpc) is 3.57. The zero-order valence-electron chi connectivity index (χ0n) is 20.1. The Bertz CT molecular complexity index is 1640. The minimum atomic E-state index is -1.25. The number of amides is 1. The Hall–Kier alpha value is -4.55. The van der Waals surface area contributed by atoms with E-state index in [1.807, 2.05) is 65.4 Å². The highest BCUT2D eigenvalue weighted by Gasteiger charge is 2.46. The lowest BCUT2D eigenvalue weighted by Gasteiger charge is -2.32. The highest BCUT2D eigenvalue weighted by Crippen LogP contribution is 2.44. The summed E-state index contributed by atoms with van der Waals surface area (Å²) in [5.41, 5.74) is 3.79. The topological polar surface area (TPSA) is 70.6 Å². The number of thiophene rings is 1. The number of fused-ring (bicyclic) bond motifs is 1. The van der Waals surface area contributed by atoms with Crippen LogP contribution in [0.2, 0.25) is 0 Å². The van der Waals surface area contributed by atoms with Gasteiger partial charge in [-0.3, -0.25) is 10.1 Å². The van der Waals surface area contributed by atoms with Crippen LogP contribution in [0.25, 0.3) is 27.6 Å². The number of hydrogen-bond acceptors (Lipinski definition) is 5. The molecular weight excluding hydrogens is 480 g/mol. The molecule has 5 aromatic rings. The summed E-state index contributed by atoms with van der Waals surface area (Å²) < 4.78 is 6.53. The second-order valence-electron chi connectivity index (χ2n) is 8.96. The van der Waals surface area contributed by atoms with E-state index in [4.69, 9.17) is 4.74 Å². The van der Waals surface area contributed by atoms with Crippen LogP contribution in [0.5, 0.6) is 5.75 Å². The van der Waals surface area contributed by atoms with Crippen molar-refractivity contribution in [1.29, 1.82) is 0 Å². The predicted molar refractivity (Wildman–Crippen MR) is 148 cm³/mol. The van der Waals surface area contributed by atoms with Crippen molar-refractivity contribution in [3.63, 3.8) is 0 Å². The van der Waals surface area contributed by atoms with Gasteiger partial charge in [0.1, 0.15) is 11.4 Å². The molecule has 3 N–H and O–H groups in total. The first kappa shape index (κ1) is 22.9. The second kappa shape index (κ2) is 9.15. The molecule has 37 heavy (non-hydrogen) atoms. The zero-order chi connectivity index (χ0) is 25.4. The van der Waals surface area contributed by atoms with Gasteiger partial charge in [-0.2, -0.15) is 11.3 Å². The Morgan fingerprint density at radius 1 is 0.865 bits per heavy atom. The van der Waals surface area contributed by atoms with Crippen LogP contribution >= 0.6 is 11.3 Å². The normalized spacial score (nSPS) is 16.9. The van der Waals surface area contributed by atoms with Gasteiger partial charge in [0.25, 0.3) is 0 Å². The summed E-state index contributed by atoms with van der Waals surface area (Å²) in [5.74, 6) is 0.152. The van der Waals surface area contributed by atoms with Gasteiger partial charge in [0.2, 0.25) is 17.5 Å². The van der Waals surface area contributed by atoms with Gasteiger partial charge in [0.05, 0.1) is 5.56 Å². The van der Waals surface area contributed by atoms with Gasteiger partial charge in [0, 0.05) is 23.4 Å². The molecule has 0 saturated heterocycles. The molecule has 1 amide bonds. The Balaban J connectivity index is 1.45. The van der Waals surface area contributed by atoms with E-state index < -0.39 is 5.72 Å². The van der Waals surface area contributed by atoms with Gasteiger partial charge < -0.3 is 15.2 Å². The molecule has 1 aromatic heterocycles. The molecule has 1 unspecified atom stereocenters. The van der Waals surface area contributed by atoms with Crippen LogP contribution < -0.4 is 10.6 Å². The second-order valence-corrected chi connectivity index (χ2v) is 9.74. The summed E-state index contributed by atoms with van der Waals surface area (Å²) in [6, 6.07) is 31.8. The van der Waals surface area contributed by atoms with Gasteiger partial charge in [-0.25, -0.2) is 0 Å². The lowest BCUT2D eigenvalue weighted by Crippen LogP contribution is -2.40. The molecule has 0 radical (unpaired) electrons. The summed E-state index contributed by atoms with van der Waals surface area (Å²) >= 11 is 1.55. The van der Waals surface area contributed by atoms with E-state index in [1.54, 1.807) is 23.5 Å². The number of rotatable bonds is 5. The molecule has 0 saturated carbocycles. The largest absolute Gasteiger partial charge is 0.507 e. The van der Waals surface area contributed by atoms with Crippen LogP contribution in [0.15, 0.2) is 114 Å². The fourth-order valence-electron chi connectivity index (χ4n) is 4.77. The summed E-state index contributed by atoms with van der Waals surface area (Å²) in [7, 11) is 0. The summed E-state index contributed by atoms with van der Waals surface area (Å²) in [6.07, 6.45) is 0. The lowest BCUT2D eigenvalue weighted by molar-refractivity contribution is -0.119. The fourth-order valence-corrected chi connectivity index (χ4v) is 5.41. The number of carbonyl (C=O) groups excluding carboxylic acids is 1. The van der Waals surface area contributed by atoms with Crippen molar-refractivity contribution in [2.75, 3.05) is 0 Å². The molecule has 6 rings (SSSR count). The monoisotopic (exact) mass is 504 g/mol. The lowest BCUT2D eigenvalue weighted by atomic mass is 9.91. The van der Waals surface area contributed by atoms with Crippen molar-refractivity contribution < 1.29 is 14.6 Å². The van der Waals surface area contributed by atoms with Crippen LogP contribution in [0, 0.1) is 0 Å². The molecular formula is C31H24N2O3S. The molecule has 0 fully saturated rings. The van der Waals surface area contributed by atoms with Crippen LogP contribution in [0.4, 0.5) is 0 Å². The molecule has 182 valence electrons. The van der Waals surface area contributed by atoms with Gasteiger partial charge in [-0.1, -0.05) is 72.8 Å². The Morgan fingerprint density at radius 2 is 1.59 bits per heavy atom. The van der Waals surface area contributed by atoms with Gasteiger partial charge in [-0.05, 0) is 51.5 Å². The molecule has 0 bridgehead atoms. The van der Waals surface area contributed by atoms with Crippen LogP contribution in [0.3, 0.4) is 0 Å². The van der Waals surface area contributed by atoms with E-state index in [0.717, 1.165) is 22.3 Å². The SMILES string of the molecule is CC(=O)NC1=C(c2ccsc2)NC(c2ccc(-c3ccc4ccccc4c3)cc2)(c2ccccc2O)O1. The summed E-state index contributed by atoms with van der Waals surface area (Å²) in [5, 5.41) is 23.6. The maximum atomic E-state index is 12.1. The fraction of sp³-hybridized carbons (Fsp3) is 0.0645. The van der Waals surface area contributed by atoms with E-state index in [-0.39, 0.29) is 11.7 Å². The number of aromatic hydroxyl groups is 1. The first-order chi connectivity index (χ1) is 18.0. The average molecular weight is 505 g/mol. The maximum Gasteiger partial charge on any atom is 0.239 e. The number of phenolic OH excluding ortho intramolecular Hbond substituents is 1. The third-order valence-corrected chi connectivity index (χ3v) is 7.22. The zero-order valence-corrected chi connectivity index (χ0v) is 20.9. The first-order valence-corrected chi connectivity index (χ1v) is 12.9. The van der Waals surface area contributed by atoms with Crippen LogP contribution in [-0.2, 0) is 15.3 Å². The number of ether oxygens (including phenoxy) is 1. The standard InChI is InChI=1S/C31H24N2O3S/c1-20(34)32-30-29(25-16-17-37-19-25)33-31(36-30,27-8-4-5-9-28(27)35)26-14-12-22(13-15-26)24-11-10-21-6-2-3-7-23(21)18-24/h2-19,33,35H,1H3,(H,32,34). The van der Waals surface area contributed by atoms with E-state index in [1.165, 1.54) is 17.7 Å². The maximum absolute atomic E-state index is 12.1. The molecule has 2 heterocycles. The van der Waals surface area contributed by atoms with Gasteiger partial charge in [-0.15, -0.1) is 0 Å². The summed E-state index contributed by atoms with van der Waals surface area (Å²) in [4.78, 5) is 12.1. The molecule has 6 heteroatoms. The first-order valence-electron chi connectivity index (χ1n) is 11.9. The van der Waals surface area contributed by atoms with Crippen molar-refractivity contribution in [2.24, 2.45) is 0 Å². The number of phenols is 1. The van der Waals surface area contributed by atoms with Gasteiger partial charge >= 0.3 is 0 Å². The third-order valence-electron chi connectivity index (χ3n) is 6.54. The predicted octanol–water partition coefficient (Wildman–Crippen LogP) is 6.56. The number of carbonyl (C=O) groups is 1. The van der Waals surface area contributed by atoms with Crippen LogP contribution in [0.1, 0.15) is 23.6 Å². The minimum Gasteiger partial charge on any atom is -0.507 e. The van der Waals surface area contributed by atoms with Crippen molar-refractivity contribution in [3.8, 4) is 16.9 Å². The molecule has 1 atom stereocenters. The number of benzene rings is 4. The Morgan fingerprint density at radius 3 is 2.32 bits per heavy atom. The van der Waals surface area contributed by atoms with Gasteiger partial charge in [0.15, 0.2) is 0 Å². The van der Waals surface area contributed by atoms with Crippen molar-refractivity contribution in [3.05, 3.63) is 130 Å². The van der Waals surface area contributed by atoms with E-state index in [2.05, 4.69) is 41.0 Å². The van der Waals surface area contributed by atoms with Crippen molar-refractivity contribution in [1.82, 2.24) is 10.6 Å². The highest BCUT2D eigenvalue weighted by atomic mass is 32.1. The molecule has 5 nitrogen and oxygen atoms in total. The highest BCUT2D eigenvalue weighted by molar-refractivity contribution is 7.08. The number of para-hydroxylation sites is 1. The Kier molecular flexibility index (Phi) is 5.66. The van der Waals surface area contributed by atoms with E-state index >= 15 is 0 Å².